The fourth-order valence-electron chi connectivity index (χ4n) is 2.63. The van der Waals surface area contributed by atoms with Crippen molar-refractivity contribution in [3.8, 4) is 0 Å². The van der Waals surface area contributed by atoms with E-state index in [1.165, 1.54) is 0 Å². The number of aromatic nitrogens is 2. The standard InChI is InChI=1S/C21H21ClN4O2/c1-4-28-20(27)15-5-8-17(9-6-15)24-21-23-14(3)12-19(26-21)25-18-10-7-16(22)11-13(18)2/h5-12H,4H2,1-3H3,(H2,23,24,25,26). The molecule has 0 unspecified atom stereocenters. The minimum atomic E-state index is -0.342. The van der Waals surface area contributed by atoms with Gasteiger partial charge in [0.1, 0.15) is 5.82 Å². The molecule has 2 N–H and O–H groups in total. The van der Waals surface area contributed by atoms with Crippen LogP contribution in [0.1, 0.15) is 28.5 Å². The van der Waals surface area contributed by atoms with E-state index in [1.807, 2.05) is 38.1 Å². The second kappa shape index (κ2) is 8.71. The summed E-state index contributed by atoms with van der Waals surface area (Å²) in [5.74, 6) is 0.784. The summed E-state index contributed by atoms with van der Waals surface area (Å²) in [6.07, 6.45) is 0. The van der Waals surface area contributed by atoms with Gasteiger partial charge in [0.25, 0.3) is 0 Å². The molecule has 7 heteroatoms. The highest BCUT2D eigenvalue weighted by Gasteiger charge is 2.08. The topological polar surface area (TPSA) is 76.1 Å². The molecular weight excluding hydrogens is 376 g/mol. The number of rotatable bonds is 6. The number of aryl methyl sites for hydroxylation is 2. The number of anilines is 4. The number of ether oxygens (including phenoxy) is 1. The summed E-state index contributed by atoms with van der Waals surface area (Å²) in [5, 5.41) is 7.14. The minimum absolute atomic E-state index is 0.342. The number of carbonyl (C=O) groups excluding carboxylic acids is 1. The van der Waals surface area contributed by atoms with Gasteiger partial charge in [0.2, 0.25) is 5.95 Å². The van der Waals surface area contributed by atoms with Gasteiger partial charge in [-0.3, -0.25) is 0 Å². The van der Waals surface area contributed by atoms with E-state index in [0.29, 0.717) is 29.0 Å². The van der Waals surface area contributed by atoms with E-state index < -0.39 is 0 Å². The normalized spacial score (nSPS) is 10.4. The van der Waals surface area contributed by atoms with E-state index in [1.54, 1.807) is 31.2 Å². The van der Waals surface area contributed by atoms with Gasteiger partial charge in [-0.2, -0.15) is 4.98 Å². The maximum atomic E-state index is 11.7. The zero-order valence-electron chi connectivity index (χ0n) is 15.9. The molecule has 0 aliphatic rings. The molecule has 0 aliphatic carbocycles. The average Bonchev–Trinajstić information content (AvgIpc) is 2.64. The maximum absolute atomic E-state index is 11.7. The summed E-state index contributed by atoms with van der Waals surface area (Å²) in [4.78, 5) is 20.7. The quantitative estimate of drug-likeness (QED) is 0.542. The first-order valence-corrected chi connectivity index (χ1v) is 9.25. The molecule has 0 saturated carbocycles. The third kappa shape index (κ3) is 4.98. The Kier molecular flexibility index (Phi) is 6.11. The number of nitrogens with one attached hydrogen (secondary N) is 2. The highest BCUT2D eigenvalue weighted by molar-refractivity contribution is 6.30. The number of esters is 1. The van der Waals surface area contributed by atoms with Crippen molar-refractivity contribution < 1.29 is 9.53 Å². The van der Waals surface area contributed by atoms with Gasteiger partial charge in [0.15, 0.2) is 0 Å². The van der Waals surface area contributed by atoms with Gasteiger partial charge in [-0.1, -0.05) is 11.6 Å². The lowest BCUT2D eigenvalue weighted by Gasteiger charge is -2.12. The number of hydrogen-bond donors (Lipinski definition) is 2. The van der Waals surface area contributed by atoms with Gasteiger partial charge in [-0.25, -0.2) is 9.78 Å². The first kappa shape index (κ1) is 19.6. The van der Waals surface area contributed by atoms with Crippen molar-refractivity contribution in [3.63, 3.8) is 0 Å². The zero-order valence-corrected chi connectivity index (χ0v) is 16.7. The van der Waals surface area contributed by atoms with Crippen LogP contribution in [0, 0.1) is 13.8 Å². The van der Waals surface area contributed by atoms with Crippen LogP contribution in [-0.2, 0) is 4.74 Å². The van der Waals surface area contributed by atoms with Crippen LogP contribution in [0.5, 0.6) is 0 Å². The minimum Gasteiger partial charge on any atom is -0.462 e. The molecule has 1 aromatic heterocycles. The van der Waals surface area contributed by atoms with Gasteiger partial charge in [0.05, 0.1) is 12.2 Å². The molecule has 3 aromatic rings. The predicted molar refractivity (Wildman–Crippen MR) is 112 cm³/mol. The molecule has 0 aliphatic heterocycles. The predicted octanol–water partition coefficient (Wildman–Crippen LogP) is 5.41. The molecule has 0 spiro atoms. The van der Waals surface area contributed by atoms with Crippen LogP contribution in [0.15, 0.2) is 48.5 Å². The molecule has 1 heterocycles. The molecule has 6 nitrogen and oxygen atoms in total. The van der Waals surface area contributed by atoms with Crippen LogP contribution in [0.2, 0.25) is 5.02 Å². The Labute approximate surface area is 168 Å². The second-order valence-electron chi connectivity index (χ2n) is 6.23. The summed E-state index contributed by atoms with van der Waals surface area (Å²) < 4.78 is 4.99. The first-order chi connectivity index (χ1) is 13.4. The number of halogens is 1. The number of benzene rings is 2. The van der Waals surface area contributed by atoms with Gasteiger partial charge >= 0.3 is 5.97 Å². The molecular formula is C21H21ClN4O2. The maximum Gasteiger partial charge on any atom is 0.338 e. The average molecular weight is 397 g/mol. The summed E-state index contributed by atoms with van der Waals surface area (Å²) in [6, 6.07) is 14.5. The van der Waals surface area contributed by atoms with Crippen LogP contribution in [0.4, 0.5) is 23.1 Å². The SMILES string of the molecule is CCOC(=O)c1ccc(Nc2nc(C)cc(Nc3ccc(Cl)cc3C)n2)cc1. The van der Waals surface area contributed by atoms with E-state index in [4.69, 9.17) is 16.3 Å². The lowest BCUT2D eigenvalue weighted by molar-refractivity contribution is 0.0526. The molecule has 0 radical (unpaired) electrons. The molecule has 0 atom stereocenters. The summed E-state index contributed by atoms with van der Waals surface area (Å²) >= 11 is 6.02. The highest BCUT2D eigenvalue weighted by Crippen LogP contribution is 2.24. The Morgan fingerprint density at radius 3 is 2.46 bits per heavy atom. The van der Waals surface area contributed by atoms with Crippen molar-refractivity contribution in [1.29, 1.82) is 0 Å². The third-order valence-electron chi connectivity index (χ3n) is 3.96. The zero-order chi connectivity index (χ0) is 20.1. The Bertz CT molecular complexity index is 990. The fourth-order valence-corrected chi connectivity index (χ4v) is 2.85. The van der Waals surface area contributed by atoms with Crippen LogP contribution in [0.3, 0.4) is 0 Å². The van der Waals surface area contributed by atoms with Gasteiger partial charge in [-0.15, -0.1) is 0 Å². The highest BCUT2D eigenvalue weighted by atomic mass is 35.5. The number of hydrogen-bond acceptors (Lipinski definition) is 6. The van der Waals surface area contributed by atoms with Crippen molar-refractivity contribution >= 4 is 40.7 Å². The molecule has 3 rings (SSSR count). The van der Waals surface area contributed by atoms with Crippen molar-refractivity contribution in [2.75, 3.05) is 17.2 Å². The molecule has 0 bridgehead atoms. The van der Waals surface area contributed by atoms with E-state index in [0.717, 1.165) is 22.6 Å². The van der Waals surface area contributed by atoms with Gasteiger partial charge < -0.3 is 15.4 Å². The van der Waals surface area contributed by atoms with Crippen LogP contribution >= 0.6 is 11.6 Å². The Balaban J connectivity index is 1.77. The van der Waals surface area contributed by atoms with Crippen molar-refractivity contribution in [3.05, 3.63) is 70.4 Å². The van der Waals surface area contributed by atoms with E-state index in [-0.39, 0.29) is 5.97 Å². The Morgan fingerprint density at radius 1 is 1.04 bits per heavy atom. The molecule has 0 saturated heterocycles. The Morgan fingerprint density at radius 2 is 1.79 bits per heavy atom. The summed E-state index contributed by atoms with van der Waals surface area (Å²) in [5.41, 5.74) is 4.03. The van der Waals surface area contributed by atoms with Crippen molar-refractivity contribution in [2.24, 2.45) is 0 Å². The van der Waals surface area contributed by atoms with E-state index in [2.05, 4.69) is 20.6 Å². The monoisotopic (exact) mass is 396 g/mol. The lowest BCUT2D eigenvalue weighted by atomic mass is 10.2. The van der Waals surface area contributed by atoms with Crippen LogP contribution in [-0.4, -0.2) is 22.5 Å². The molecule has 0 amide bonds. The smallest absolute Gasteiger partial charge is 0.338 e. The molecule has 28 heavy (non-hydrogen) atoms. The van der Waals surface area contributed by atoms with Crippen LogP contribution in [0.25, 0.3) is 0 Å². The summed E-state index contributed by atoms with van der Waals surface area (Å²) in [7, 11) is 0. The number of nitrogens with zero attached hydrogens (tertiary/aromatic N) is 2. The van der Waals surface area contributed by atoms with Gasteiger partial charge in [-0.05, 0) is 68.8 Å². The van der Waals surface area contributed by atoms with Crippen LogP contribution < -0.4 is 10.6 Å². The van der Waals surface area contributed by atoms with Crippen molar-refractivity contribution in [1.82, 2.24) is 9.97 Å². The second-order valence-corrected chi connectivity index (χ2v) is 6.66. The fraction of sp³-hybridized carbons (Fsp3) is 0.190. The van der Waals surface area contributed by atoms with E-state index >= 15 is 0 Å². The third-order valence-corrected chi connectivity index (χ3v) is 4.19. The first-order valence-electron chi connectivity index (χ1n) is 8.87. The van der Waals surface area contributed by atoms with Crippen molar-refractivity contribution in [2.45, 2.75) is 20.8 Å². The van der Waals surface area contributed by atoms with Gasteiger partial charge in [0, 0.05) is 28.2 Å². The summed E-state index contributed by atoms with van der Waals surface area (Å²) in [6.45, 7) is 6.00. The molecule has 2 aromatic carbocycles. The van der Waals surface area contributed by atoms with E-state index in [9.17, 15) is 4.79 Å². The largest absolute Gasteiger partial charge is 0.462 e. The molecule has 0 fully saturated rings. The lowest BCUT2D eigenvalue weighted by Crippen LogP contribution is -2.05. The Hall–Kier alpha value is -3.12. The number of carbonyl (C=O) groups is 1. The molecule has 144 valence electrons.